The number of hydrogen-bond donors (Lipinski definition) is 3. The maximum Gasteiger partial charge on any atom is 0.319 e. The fourth-order valence-electron chi connectivity index (χ4n) is 1.18. The third-order valence-electron chi connectivity index (χ3n) is 2.17. The van der Waals surface area contributed by atoms with Crippen molar-refractivity contribution in [2.75, 3.05) is 11.9 Å². The number of halogens is 1. The summed E-state index contributed by atoms with van der Waals surface area (Å²) in [4.78, 5) is 11.4. The first-order valence-electron chi connectivity index (χ1n) is 5.10. The summed E-state index contributed by atoms with van der Waals surface area (Å²) in [6, 6.07) is 5.06. The standard InChI is InChI=1S/C11H15FN2O2/c1-2-8(7-15)13-11(16)14-10-6-4-3-5-9(10)12/h3-6,8,15H,2,7H2,1H3,(H2,13,14,16)/t8-/m0/s1. The number of carbonyl (C=O) groups excluding carboxylic acids is 1. The molecule has 0 aliphatic rings. The highest BCUT2D eigenvalue weighted by Crippen LogP contribution is 2.11. The predicted molar refractivity (Wildman–Crippen MR) is 59.7 cm³/mol. The van der Waals surface area contributed by atoms with E-state index in [0.29, 0.717) is 6.42 Å². The van der Waals surface area contributed by atoms with Crippen molar-refractivity contribution in [3.63, 3.8) is 0 Å². The van der Waals surface area contributed by atoms with Gasteiger partial charge in [-0.05, 0) is 18.6 Å². The van der Waals surface area contributed by atoms with E-state index < -0.39 is 11.8 Å². The summed E-state index contributed by atoms with van der Waals surface area (Å²) in [6.07, 6.45) is 0.612. The molecule has 3 N–H and O–H groups in total. The van der Waals surface area contributed by atoms with Crippen LogP contribution in [0.25, 0.3) is 0 Å². The van der Waals surface area contributed by atoms with Crippen LogP contribution in [0, 0.1) is 5.82 Å². The van der Waals surface area contributed by atoms with Gasteiger partial charge in [-0.1, -0.05) is 19.1 Å². The van der Waals surface area contributed by atoms with E-state index in [1.165, 1.54) is 12.1 Å². The highest BCUT2D eigenvalue weighted by atomic mass is 19.1. The SMILES string of the molecule is CC[C@@H](CO)NC(=O)Nc1ccccc1F. The second-order valence-electron chi connectivity index (χ2n) is 3.37. The van der Waals surface area contributed by atoms with Crippen molar-refractivity contribution >= 4 is 11.7 Å². The van der Waals surface area contributed by atoms with Crippen LogP contribution in [-0.2, 0) is 0 Å². The number of nitrogens with one attached hydrogen (secondary N) is 2. The van der Waals surface area contributed by atoms with E-state index in [-0.39, 0.29) is 18.3 Å². The van der Waals surface area contributed by atoms with Gasteiger partial charge >= 0.3 is 6.03 Å². The summed E-state index contributed by atoms with van der Waals surface area (Å²) in [5.41, 5.74) is 0.118. The van der Waals surface area contributed by atoms with Gasteiger partial charge in [-0.15, -0.1) is 0 Å². The fourth-order valence-corrected chi connectivity index (χ4v) is 1.18. The monoisotopic (exact) mass is 226 g/mol. The molecule has 0 aliphatic carbocycles. The first kappa shape index (κ1) is 12.4. The molecule has 1 rings (SSSR count). The highest BCUT2D eigenvalue weighted by molar-refractivity contribution is 5.89. The number of hydrogen-bond acceptors (Lipinski definition) is 2. The van der Waals surface area contributed by atoms with Crippen molar-refractivity contribution in [3.05, 3.63) is 30.1 Å². The number of urea groups is 1. The molecule has 1 aromatic carbocycles. The lowest BCUT2D eigenvalue weighted by Crippen LogP contribution is -2.39. The van der Waals surface area contributed by atoms with E-state index in [1.54, 1.807) is 12.1 Å². The molecule has 4 nitrogen and oxygen atoms in total. The zero-order chi connectivity index (χ0) is 12.0. The summed E-state index contributed by atoms with van der Waals surface area (Å²) >= 11 is 0. The van der Waals surface area contributed by atoms with Crippen molar-refractivity contribution in [1.29, 1.82) is 0 Å². The molecule has 5 heteroatoms. The predicted octanol–water partition coefficient (Wildman–Crippen LogP) is 1.72. The second kappa shape index (κ2) is 6.07. The Hall–Kier alpha value is -1.62. The molecule has 0 spiro atoms. The van der Waals surface area contributed by atoms with Gasteiger partial charge in [0.1, 0.15) is 5.82 Å². The number of anilines is 1. The largest absolute Gasteiger partial charge is 0.394 e. The van der Waals surface area contributed by atoms with E-state index >= 15 is 0 Å². The van der Waals surface area contributed by atoms with Crippen LogP contribution in [0.4, 0.5) is 14.9 Å². The zero-order valence-electron chi connectivity index (χ0n) is 9.03. The van der Waals surface area contributed by atoms with Gasteiger partial charge in [0, 0.05) is 0 Å². The lowest BCUT2D eigenvalue weighted by molar-refractivity contribution is 0.222. The van der Waals surface area contributed by atoms with Crippen molar-refractivity contribution in [2.45, 2.75) is 19.4 Å². The van der Waals surface area contributed by atoms with Crippen LogP contribution < -0.4 is 10.6 Å². The number of aliphatic hydroxyl groups excluding tert-OH is 1. The fraction of sp³-hybridized carbons (Fsp3) is 0.364. The van der Waals surface area contributed by atoms with Crippen LogP contribution in [0.3, 0.4) is 0 Å². The van der Waals surface area contributed by atoms with Crippen molar-refractivity contribution in [2.24, 2.45) is 0 Å². The normalized spacial score (nSPS) is 11.9. The molecule has 0 bridgehead atoms. The lowest BCUT2D eigenvalue weighted by atomic mass is 10.2. The van der Waals surface area contributed by atoms with Gasteiger partial charge in [0.2, 0.25) is 0 Å². The van der Waals surface area contributed by atoms with Gasteiger partial charge in [0.25, 0.3) is 0 Å². The summed E-state index contributed by atoms with van der Waals surface area (Å²) in [6.45, 7) is 1.70. The quantitative estimate of drug-likeness (QED) is 0.732. The molecule has 0 unspecified atom stereocenters. The smallest absolute Gasteiger partial charge is 0.319 e. The minimum absolute atomic E-state index is 0.118. The molecule has 88 valence electrons. The topological polar surface area (TPSA) is 61.4 Å². The van der Waals surface area contributed by atoms with Crippen LogP contribution in [0.15, 0.2) is 24.3 Å². The summed E-state index contributed by atoms with van der Waals surface area (Å²) in [5, 5.41) is 13.8. The van der Waals surface area contributed by atoms with Crippen LogP contribution >= 0.6 is 0 Å². The van der Waals surface area contributed by atoms with Gasteiger partial charge < -0.3 is 15.7 Å². The number of aliphatic hydroxyl groups is 1. The highest BCUT2D eigenvalue weighted by Gasteiger charge is 2.10. The molecule has 16 heavy (non-hydrogen) atoms. The Morgan fingerprint density at radius 1 is 1.50 bits per heavy atom. The molecule has 0 fully saturated rings. The Balaban J connectivity index is 2.55. The van der Waals surface area contributed by atoms with Gasteiger partial charge in [0.15, 0.2) is 0 Å². The molecule has 0 heterocycles. The molecule has 1 aromatic rings. The average Bonchev–Trinajstić information content (AvgIpc) is 2.29. The van der Waals surface area contributed by atoms with E-state index in [9.17, 15) is 9.18 Å². The number of rotatable bonds is 4. The maximum absolute atomic E-state index is 13.2. The van der Waals surface area contributed by atoms with Crippen LogP contribution in [0.1, 0.15) is 13.3 Å². The van der Waals surface area contributed by atoms with Crippen LogP contribution in [0.2, 0.25) is 0 Å². The molecule has 1 atom stereocenters. The van der Waals surface area contributed by atoms with E-state index in [4.69, 9.17) is 5.11 Å². The van der Waals surface area contributed by atoms with Crippen LogP contribution in [0.5, 0.6) is 0 Å². The first-order chi connectivity index (χ1) is 7.67. The average molecular weight is 226 g/mol. The maximum atomic E-state index is 13.2. The third kappa shape index (κ3) is 3.51. The number of para-hydroxylation sites is 1. The Bertz CT molecular complexity index is 354. The molecule has 0 saturated carbocycles. The summed E-state index contributed by atoms with van der Waals surface area (Å²) in [5.74, 6) is -0.491. The van der Waals surface area contributed by atoms with Crippen molar-refractivity contribution in [3.8, 4) is 0 Å². The van der Waals surface area contributed by atoms with Gasteiger partial charge in [-0.3, -0.25) is 0 Å². The van der Waals surface area contributed by atoms with Gasteiger partial charge in [-0.2, -0.15) is 0 Å². The zero-order valence-corrected chi connectivity index (χ0v) is 9.03. The summed E-state index contributed by atoms with van der Waals surface area (Å²) < 4.78 is 13.2. The van der Waals surface area contributed by atoms with E-state index in [2.05, 4.69) is 10.6 Å². The van der Waals surface area contributed by atoms with Gasteiger partial charge in [-0.25, -0.2) is 9.18 Å². The minimum Gasteiger partial charge on any atom is -0.394 e. The number of carbonyl (C=O) groups is 1. The molecular weight excluding hydrogens is 211 g/mol. The molecule has 0 saturated heterocycles. The summed E-state index contributed by atoms with van der Waals surface area (Å²) in [7, 11) is 0. The second-order valence-corrected chi connectivity index (χ2v) is 3.37. The molecule has 2 amide bonds. The van der Waals surface area contributed by atoms with Gasteiger partial charge in [0.05, 0.1) is 18.3 Å². The van der Waals surface area contributed by atoms with E-state index in [1.807, 2.05) is 6.92 Å². The molecule has 0 aromatic heterocycles. The third-order valence-corrected chi connectivity index (χ3v) is 2.17. The number of benzene rings is 1. The molecule has 0 aliphatic heterocycles. The Morgan fingerprint density at radius 2 is 2.19 bits per heavy atom. The van der Waals surface area contributed by atoms with Crippen LogP contribution in [-0.4, -0.2) is 23.8 Å². The Morgan fingerprint density at radius 3 is 2.75 bits per heavy atom. The minimum atomic E-state index is -0.522. The molecule has 0 radical (unpaired) electrons. The Labute approximate surface area is 93.5 Å². The first-order valence-corrected chi connectivity index (χ1v) is 5.10. The van der Waals surface area contributed by atoms with E-state index in [0.717, 1.165) is 0 Å². The Kier molecular flexibility index (Phi) is 4.72. The van der Waals surface area contributed by atoms with Crippen molar-refractivity contribution in [1.82, 2.24) is 5.32 Å². The van der Waals surface area contributed by atoms with Crippen molar-refractivity contribution < 1.29 is 14.3 Å². The number of amides is 2. The lowest BCUT2D eigenvalue weighted by Gasteiger charge is -2.14. The molecular formula is C11H15FN2O2.